The molecule has 0 saturated carbocycles. The van der Waals surface area contributed by atoms with Crippen LogP contribution in [0.3, 0.4) is 0 Å². The molecule has 0 amide bonds. The molecule has 0 unspecified atom stereocenters. The molecule has 112 valence electrons. The van der Waals surface area contributed by atoms with Gasteiger partial charge in [-0.2, -0.15) is 5.26 Å². The second-order valence-electron chi connectivity index (χ2n) is 5.47. The van der Waals surface area contributed by atoms with Gasteiger partial charge in [0.2, 0.25) is 5.95 Å². The van der Waals surface area contributed by atoms with E-state index in [4.69, 9.17) is 5.26 Å². The normalized spacial score (nSPS) is 16.0. The van der Waals surface area contributed by atoms with Crippen LogP contribution in [0.5, 0.6) is 0 Å². The quantitative estimate of drug-likeness (QED) is 0.867. The predicted octanol–water partition coefficient (Wildman–Crippen LogP) is 2.06. The summed E-state index contributed by atoms with van der Waals surface area (Å²) in [5.74, 6) is 0.822. The Balaban J connectivity index is 1.59. The van der Waals surface area contributed by atoms with Gasteiger partial charge in [-0.1, -0.05) is 12.1 Å². The van der Waals surface area contributed by atoms with E-state index in [9.17, 15) is 0 Å². The molecule has 0 atom stereocenters. The number of hydrogen-bond acceptors (Lipinski definition) is 5. The summed E-state index contributed by atoms with van der Waals surface area (Å²) >= 11 is 0. The van der Waals surface area contributed by atoms with Crippen molar-refractivity contribution in [3.63, 3.8) is 0 Å². The van der Waals surface area contributed by atoms with Crippen LogP contribution >= 0.6 is 0 Å². The lowest BCUT2D eigenvalue weighted by Gasteiger charge is -2.21. The Morgan fingerprint density at radius 2 is 1.77 bits per heavy atom. The lowest BCUT2D eigenvalue weighted by atomic mass is 10.1. The molecule has 0 spiro atoms. The summed E-state index contributed by atoms with van der Waals surface area (Å²) in [6, 6.07) is 11.9. The summed E-state index contributed by atoms with van der Waals surface area (Å²) in [6.45, 7) is 4.94. The van der Waals surface area contributed by atoms with Crippen molar-refractivity contribution in [2.75, 3.05) is 31.1 Å². The molecule has 1 aromatic heterocycles. The summed E-state index contributed by atoms with van der Waals surface area (Å²) in [7, 11) is 0. The number of nitrogens with zero attached hydrogens (tertiary/aromatic N) is 5. The summed E-state index contributed by atoms with van der Waals surface area (Å²) in [4.78, 5) is 13.4. The molecule has 1 aromatic carbocycles. The van der Waals surface area contributed by atoms with Crippen LogP contribution in [0.1, 0.15) is 17.5 Å². The molecule has 22 heavy (non-hydrogen) atoms. The first-order chi connectivity index (χ1) is 10.8. The third-order valence-corrected chi connectivity index (χ3v) is 3.91. The van der Waals surface area contributed by atoms with Crippen LogP contribution in [0, 0.1) is 11.3 Å². The van der Waals surface area contributed by atoms with Gasteiger partial charge in [0.05, 0.1) is 11.6 Å². The van der Waals surface area contributed by atoms with E-state index in [2.05, 4.69) is 25.8 Å². The molecule has 0 radical (unpaired) electrons. The first kappa shape index (κ1) is 14.5. The van der Waals surface area contributed by atoms with Crippen molar-refractivity contribution in [2.24, 2.45) is 0 Å². The van der Waals surface area contributed by atoms with Crippen molar-refractivity contribution in [3.8, 4) is 6.07 Å². The van der Waals surface area contributed by atoms with Crippen LogP contribution < -0.4 is 4.90 Å². The highest BCUT2D eigenvalue weighted by molar-refractivity contribution is 5.32. The fourth-order valence-electron chi connectivity index (χ4n) is 2.73. The fourth-order valence-corrected chi connectivity index (χ4v) is 2.73. The Labute approximate surface area is 130 Å². The largest absolute Gasteiger partial charge is 0.339 e. The van der Waals surface area contributed by atoms with E-state index in [0.717, 1.165) is 45.1 Å². The Morgan fingerprint density at radius 3 is 2.50 bits per heavy atom. The van der Waals surface area contributed by atoms with Gasteiger partial charge in [0.15, 0.2) is 0 Å². The molecule has 3 rings (SSSR count). The van der Waals surface area contributed by atoms with Gasteiger partial charge >= 0.3 is 0 Å². The minimum atomic E-state index is 0.715. The SMILES string of the molecule is N#Cc1ccc(CN2CCCN(c3ncccn3)CC2)cc1. The lowest BCUT2D eigenvalue weighted by Crippen LogP contribution is -2.31. The zero-order chi connectivity index (χ0) is 15.2. The Bertz CT molecular complexity index is 632. The van der Waals surface area contributed by atoms with E-state index in [1.807, 2.05) is 30.3 Å². The average molecular weight is 293 g/mol. The van der Waals surface area contributed by atoms with E-state index >= 15 is 0 Å². The van der Waals surface area contributed by atoms with Crippen molar-refractivity contribution < 1.29 is 0 Å². The van der Waals surface area contributed by atoms with Gasteiger partial charge in [-0.15, -0.1) is 0 Å². The van der Waals surface area contributed by atoms with E-state index in [1.54, 1.807) is 12.4 Å². The van der Waals surface area contributed by atoms with Crippen molar-refractivity contribution in [3.05, 3.63) is 53.9 Å². The maximum atomic E-state index is 8.85. The number of rotatable bonds is 3. The fraction of sp³-hybridized carbons (Fsp3) is 0.353. The molecule has 2 heterocycles. The van der Waals surface area contributed by atoms with Crippen LogP contribution in [-0.4, -0.2) is 41.0 Å². The smallest absolute Gasteiger partial charge is 0.225 e. The van der Waals surface area contributed by atoms with Crippen molar-refractivity contribution in [1.29, 1.82) is 5.26 Å². The maximum Gasteiger partial charge on any atom is 0.225 e. The van der Waals surface area contributed by atoms with Crippen LogP contribution in [0.25, 0.3) is 0 Å². The van der Waals surface area contributed by atoms with E-state index in [1.165, 1.54) is 5.56 Å². The Kier molecular flexibility index (Phi) is 4.62. The highest BCUT2D eigenvalue weighted by Crippen LogP contribution is 2.13. The number of anilines is 1. The molecule has 0 aliphatic carbocycles. The summed E-state index contributed by atoms with van der Waals surface area (Å²) in [6.07, 6.45) is 4.69. The van der Waals surface area contributed by atoms with Gasteiger partial charge in [0.1, 0.15) is 0 Å². The molecule has 1 saturated heterocycles. The van der Waals surface area contributed by atoms with Crippen molar-refractivity contribution >= 4 is 5.95 Å². The Hall–Kier alpha value is -2.45. The first-order valence-electron chi connectivity index (χ1n) is 7.58. The monoisotopic (exact) mass is 293 g/mol. The number of hydrogen-bond donors (Lipinski definition) is 0. The molecule has 5 nitrogen and oxygen atoms in total. The van der Waals surface area contributed by atoms with Gasteiger partial charge in [-0.05, 0) is 30.2 Å². The molecular formula is C17H19N5. The van der Waals surface area contributed by atoms with Gasteiger partial charge in [0, 0.05) is 45.1 Å². The molecule has 0 N–H and O–H groups in total. The highest BCUT2D eigenvalue weighted by atomic mass is 15.3. The van der Waals surface area contributed by atoms with Crippen LogP contribution in [-0.2, 0) is 6.54 Å². The van der Waals surface area contributed by atoms with Gasteiger partial charge in [-0.25, -0.2) is 9.97 Å². The topological polar surface area (TPSA) is 56.1 Å². The van der Waals surface area contributed by atoms with Crippen molar-refractivity contribution in [2.45, 2.75) is 13.0 Å². The second-order valence-corrected chi connectivity index (χ2v) is 5.47. The number of nitriles is 1. The predicted molar refractivity (Wildman–Crippen MR) is 85.3 cm³/mol. The standard InChI is InChI=1S/C17H19N5/c18-13-15-3-5-16(6-4-15)14-21-9-2-10-22(12-11-21)17-19-7-1-8-20-17/h1,3-8H,2,9-12,14H2. The van der Waals surface area contributed by atoms with Gasteiger partial charge in [0.25, 0.3) is 0 Å². The highest BCUT2D eigenvalue weighted by Gasteiger charge is 2.16. The van der Waals surface area contributed by atoms with Crippen LogP contribution in [0.2, 0.25) is 0 Å². The summed E-state index contributed by atoms with van der Waals surface area (Å²) in [5.41, 5.74) is 1.97. The molecule has 2 aromatic rings. The van der Waals surface area contributed by atoms with E-state index in [-0.39, 0.29) is 0 Å². The Morgan fingerprint density at radius 1 is 1.00 bits per heavy atom. The summed E-state index contributed by atoms with van der Waals surface area (Å²) in [5, 5.41) is 8.85. The lowest BCUT2D eigenvalue weighted by molar-refractivity contribution is 0.285. The second kappa shape index (κ2) is 7.01. The third kappa shape index (κ3) is 3.60. The zero-order valence-corrected chi connectivity index (χ0v) is 12.5. The molecule has 1 aliphatic heterocycles. The molecule has 5 heteroatoms. The molecular weight excluding hydrogens is 274 g/mol. The average Bonchev–Trinajstić information content (AvgIpc) is 2.82. The molecule has 1 fully saturated rings. The van der Waals surface area contributed by atoms with Gasteiger partial charge < -0.3 is 4.90 Å². The van der Waals surface area contributed by atoms with E-state index < -0.39 is 0 Å². The molecule has 0 bridgehead atoms. The minimum absolute atomic E-state index is 0.715. The minimum Gasteiger partial charge on any atom is -0.339 e. The van der Waals surface area contributed by atoms with Crippen molar-refractivity contribution in [1.82, 2.24) is 14.9 Å². The zero-order valence-electron chi connectivity index (χ0n) is 12.5. The summed E-state index contributed by atoms with van der Waals surface area (Å²) < 4.78 is 0. The number of aromatic nitrogens is 2. The first-order valence-corrected chi connectivity index (χ1v) is 7.58. The maximum absolute atomic E-state index is 8.85. The van der Waals surface area contributed by atoms with Crippen LogP contribution in [0.15, 0.2) is 42.7 Å². The van der Waals surface area contributed by atoms with Crippen LogP contribution in [0.4, 0.5) is 5.95 Å². The van der Waals surface area contributed by atoms with Gasteiger partial charge in [-0.3, -0.25) is 4.90 Å². The number of benzene rings is 1. The molecule has 1 aliphatic rings. The van der Waals surface area contributed by atoms with E-state index in [0.29, 0.717) is 5.56 Å². The third-order valence-electron chi connectivity index (χ3n) is 3.91.